The van der Waals surface area contributed by atoms with Gasteiger partial charge in [0.25, 0.3) is 0 Å². The standard InChI is InChI=1S/C8H8ClIN2/c1-12-4-6-5(2-3-11-6)7(9)8(12)10/h2-3,11H,4H2,1H3. The highest BCUT2D eigenvalue weighted by Gasteiger charge is 2.19. The molecule has 1 aromatic heterocycles. The van der Waals surface area contributed by atoms with Crippen molar-refractivity contribution < 1.29 is 0 Å². The van der Waals surface area contributed by atoms with E-state index in [1.54, 1.807) is 0 Å². The smallest absolute Gasteiger partial charge is 0.0954 e. The summed E-state index contributed by atoms with van der Waals surface area (Å²) in [6.45, 7) is 0.914. The molecule has 0 unspecified atom stereocenters. The second-order valence-corrected chi connectivity index (χ2v) is 4.23. The summed E-state index contributed by atoms with van der Waals surface area (Å²) in [5, 5.41) is 0.848. The number of hydrogen-bond acceptors (Lipinski definition) is 1. The zero-order valence-corrected chi connectivity index (χ0v) is 9.48. The Morgan fingerprint density at radius 3 is 3.17 bits per heavy atom. The fourth-order valence-electron chi connectivity index (χ4n) is 1.33. The summed E-state index contributed by atoms with van der Waals surface area (Å²) in [7, 11) is 2.04. The van der Waals surface area contributed by atoms with Gasteiger partial charge >= 0.3 is 0 Å². The summed E-state index contributed by atoms with van der Waals surface area (Å²) in [5.74, 6) is 0. The van der Waals surface area contributed by atoms with Crippen LogP contribution in [0.5, 0.6) is 0 Å². The van der Waals surface area contributed by atoms with Crippen LogP contribution in [0.1, 0.15) is 11.3 Å². The maximum absolute atomic E-state index is 6.14. The van der Waals surface area contributed by atoms with Crippen LogP contribution in [0.15, 0.2) is 16.0 Å². The first kappa shape index (κ1) is 8.44. The van der Waals surface area contributed by atoms with Gasteiger partial charge in [0.2, 0.25) is 0 Å². The molecule has 64 valence electrons. The lowest BCUT2D eigenvalue weighted by Crippen LogP contribution is -2.19. The first-order chi connectivity index (χ1) is 5.70. The average Bonchev–Trinajstić information content (AvgIpc) is 2.48. The van der Waals surface area contributed by atoms with Gasteiger partial charge in [-0.05, 0) is 28.7 Å². The molecule has 0 amide bonds. The molecule has 0 fully saturated rings. The summed E-state index contributed by atoms with van der Waals surface area (Å²) in [6.07, 6.45) is 1.93. The van der Waals surface area contributed by atoms with Crippen LogP contribution in [0.3, 0.4) is 0 Å². The van der Waals surface area contributed by atoms with E-state index in [2.05, 4.69) is 32.5 Å². The minimum atomic E-state index is 0.848. The fraction of sp³-hybridized carbons (Fsp3) is 0.250. The van der Waals surface area contributed by atoms with E-state index >= 15 is 0 Å². The monoisotopic (exact) mass is 294 g/mol. The van der Waals surface area contributed by atoms with Crippen LogP contribution in [-0.4, -0.2) is 16.9 Å². The van der Waals surface area contributed by atoms with Crippen molar-refractivity contribution in [3.63, 3.8) is 0 Å². The zero-order valence-electron chi connectivity index (χ0n) is 6.56. The highest BCUT2D eigenvalue weighted by molar-refractivity contribution is 14.1. The highest BCUT2D eigenvalue weighted by atomic mass is 127. The average molecular weight is 295 g/mol. The minimum Gasteiger partial charge on any atom is -0.363 e. The van der Waals surface area contributed by atoms with Crippen molar-refractivity contribution in [2.75, 3.05) is 7.05 Å². The molecule has 0 aliphatic carbocycles. The molecule has 2 nitrogen and oxygen atoms in total. The molecule has 12 heavy (non-hydrogen) atoms. The number of aromatic nitrogens is 1. The normalized spacial score (nSPS) is 16.8. The molecule has 1 aliphatic heterocycles. The lowest BCUT2D eigenvalue weighted by molar-refractivity contribution is 0.436. The lowest BCUT2D eigenvalue weighted by atomic mass is 10.2. The minimum absolute atomic E-state index is 0.848. The van der Waals surface area contributed by atoms with Crippen LogP contribution in [0.4, 0.5) is 0 Å². The first-order valence-electron chi connectivity index (χ1n) is 3.63. The summed E-state index contributed by atoms with van der Waals surface area (Å²) in [5.41, 5.74) is 2.34. The predicted octanol–water partition coefficient (Wildman–Crippen LogP) is 2.76. The van der Waals surface area contributed by atoms with Crippen LogP contribution >= 0.6 is 34.2 Å². The molecule has 2 rings (SSSR count). The number of H-pyrrole nitrogens is 1. The van der Waals surface area contributed by atoms with E-state index in [1.165, 1.54) is 5.69 Å². The molecule has 0 radical (unpaired) electrons. The Morgan fingerprint density at radius 2 is 2.42 bits per heavy atom. The van der Waals surface area contributed by atoms with Crippen molar-refractivity contribution in [2.45, 2.75) is 6.54 Å². The number of aromatic amines is 1. The van der Waals surface area contributed by atoms with Crippen molar-refractivity contribution in [2.24, 2.45) is 0 Å². The van der Waals surface area contributed by atoms with Gasteiger partial charge in [-0.1, -0.05) is 11.6 Å². The molecule has 4 heteroatoms. The van der Waals surface area contributed by atoms with E-state index in [0.29, 0.717) is 0 Å². The van der Waals surface area contributed by atoms with Gasteiger partial charge in [0.05, 0.1) is 15.3 Å². The van der Waals surface area contributed by atoms with E-state index in [0.717, 1.165) is 20.8 Å². The Morgan fingerprint density at radius 1 is 1.67 bits per heavy atom. The van der Waals surface area contributed by atoms with Gasteiger partial charge in [0.15, 0.2) is 0 Å². The quantitative estimate of drug-likeness (QED) is 0.576. The SMILES string of the molecule is CN1Cc2[nH]ccc2C(Cl)=C1I. The van der Waals surface area contributed by atoms with E-state index in [1.807, 2.05) is 19.3 Å². The number of rotatable bonds is 0. The Labute approximate surface area is 89.7 Å². The lowest BCUT2D eigenvalue weighted by Gasteiger charge is -2.24. The molecule has 0 bridgehead atoms. The molecule has 0 aromatic carbocycles. The number of nitrogens with zero attached hydrogens (tertiary/aromatic N) is 1. The predicted molar refractivity (Wildman–Crippen MR) is 59.1 cm³/mol. The van der Waals surface area contributed by atoms with Gasteiger partial charge in [-0.25, -0.2) is 0 Å². The molecule has 1 aliphatic rings. The summed E-state index contributed by atoms with van der Waals surface area (Å²) >= 11 is 8.41. The molecule has 1 N–H and O–H groups in total. The molecule has 0 spiro atoms. The van der Waals surface area contributed by atoms with Gasteiger partial charge in [-0.2, -0.15) is 0 Å². The number of halogens is 2. The largest absolute Gasteiger partial charge is 0.363 e. The van der Waals surface area contributed by atoms with E-state index < -0.39 is 0 Å². The molecular formula is C8H8ClIN2. The maximum Gasteiger partial charge on any atom is 0.0954 e. The van der Waals surface area contributed by atoms with Crippen LogP contribution in [-0.2, 0) is 6.54 Å². The summed E-state index contributed by atoms with van der Waals surface area (Å²) in [6, 6.07) is 2.02. The Hall–Kier alpha value is -0.160. The van der Waals surface area contributed by atoms with Crippen molar-refractivity contribution in [3.05, 3.63) is 27.2 Å². The summed E-state index contributed by atoms with van der Waals surface area (Å²) in [4.78, 5) is 5.30. The third kappa shape index (κ3) is 1.15. The Kier molecular flexibility index (Phi) is 2.08. The van der Waals surface area contributed by atoms with Gasteiger partial charge in [0, 0.05) is 24.5 Å². The van der Waals surface area contributed by atoms with Crippen LogP contribution < -0.4 is 0 Å². The number of fused-ring (bicyclic) bond motifs is 1. The Bertz CT molecular complexity index is 343. The van der Waals surface area contributed by atoms with Crippen LogP contribution in [0, 0.1) is 0 Å². The second-order valence-electron chi connectivity index (χ2n) is 2.83. The second kappa shape index (κ2) is 2.96. The third-order valence-electron chi connectivity index (χ3n) is 1.98. The summed E-state index contributed by atoms with van der Waals surface area (Å²) < 4.78 is 1.11. The highest BCUT2D eigenvalue weighted by Crippen LogP contribution is 2.35. The molecule has 0 saturated heterocycles. The topological polar surface area (TPSA) is 19.0 Å². The Balaban J connectivity index is 2.57. The molecular weight excluding hydrogens is 286 g/mol. The van der Waals surface area contributed by atoms with E-state index in [9.17, 15) is 0 Å². The number of nitrogens with one attached hydrogen (secondary N) is 1. The van der Waals surface area contributed by atoms with Gasteiger partial charge in [-0.15, -0.1) is 0 Å². The van der Waals surface area contributed by atoms with Crippen LogP contribution in [0.2, 0.25) is 0 Å². The van der Waals surface area contributed by atoms with Crippen molar-refractivity contribution in [3.8, 4) is 0 Å². The van der Waals surface area contributed by atoms with Crippen molar-refractivity contribution >= 4 is 39.2 Å². The molecule has 1 aromatic rings. The molecule has 0 atom stereocenters. The zero-order chi connectivity index (χ0) is 8.72. The molecule has 2 heterocycles. The van der Waals surface area contributed by atoms with E-state index in [-0.39, 0.29) is 0 Å². The third-order valence-corrected chi connectivity index (χ3v) is 4.05. The first-order valence-corrected chi connectivity index (χ1v) is 5.09. The maximum atomic E-state index is 6.14. The van der Waals surface area contributed by atoms with Gasteiger partial charge < -0.3 is 9.88 Å². The fourth-order valence-corrected chi connectivity index (χ4v) is 2.11. The van der Waals surface area contributed by atoms with Crippen molar-refractivity contribution in [1.82, 2.24) is 9.88 Å². The number of hydrogen-bond donors (Lipinski definition) is 1. The van der Waals surface area contributed by atoms with Crippen molar-refractivity contribution in [1.29, 1.82) is 0 Å². The van der Waals surface area contributed by atoms with Gasteiger partial charge in [0.1, 0.15) is 0 Å². The van der Waals surface area contributed by atoms with Gasteiger partial charge in [-0.3, -0.25) is 0 Å². The van der Waals surface area contributed by atoms with E-state index in [4.69, 9.17) is 11.6 Å². The molecule has 0 saturated carbocycles. The van der Waals surface area contributed by atoms with Crippen LogP contribution in [0.25, 0.3) is 5.03 Å².